The monoisotopic (exact) mass is 802 g/mol. The van der Waals surface area contributed by atoms with Crippen molar-refractivity contribution in [1.29, 1.82) is 0 Å². The van der Waals surface area contributed by atoms with E-state index in [9.17, 15) is 9.90 Å². The molecule has 1 unspecified atom stereocenters. The van der Waals surface area contributed by atoms with Crippen LogP contribution in [-0.4, -0.2) is 72.3 Å². The Balaban J connectivity index is 1.20. The maximum absolute atomic E-state index is 14.5. The van der Waals surface area contributed by atoms with Gasteiger partial charge in [-0.15, -0.1) is 0 Å². The van der Waals surface area contributed by atoms with E-state index in [1.165, 1.54) is 18.4 Å². The van der Waals surface area contributed by atoms with Crippen molar-refractivity contribution in [1.82, 2.24) is 9.80 Å². The van der Waals surface area contributed by atoms with E-state index < -0.39 is 0 Å². The van der Waals surface area contributed by atoms with Crippen molar-refractivity contribution in [3.05, 3.63) is 60.8 Å². The van der Waals surface area contributed by atoms with Gasteiger partial charge in [0.15, 0.2) is 0 Å². The molecule has 1 heterocycles. The van der Waals surface area contributed by atoms with Crippen molar-refractivity contribution >= 4 is 5.91 Å². The largest absolute Gasteiger partial charge is 0.513 e. The molecule has 7 nitrogen and oxygen atoms in total. The van der Waals surface area contributed by atoms with Crippen molar-refractivity contribution in [2.24, 2.45) is 61.9 Å². The van der Waals surface area contributed by atoms with E-state index in [2.05, 4.69) is 91.5 Å². The molecule has 7 heteroatoms. The van der Waals surface area contributed by atoms with Crippen LogP contribution < -0.4 is 5.73 Å². The number of carbonyl (C=O) groups is 1. The molecular weight excluding hydrogens is 719 g/mol. The molecule has 0 radical (unpaired) electrons. The molecule has 1 saturated heterocycles. The molecule has 1 aliphatic heterocycles. The Morgan fingerprint density at radius 2 is 1.52 bits per heavy atom. The van der Waals surface area contributed by atoms with E-state index in [-0.39, 0.29) is 55.8 Å². The highest BCUT2D eigenvalue weighted by Crippen LogP contribution is 2.78. The van der Waals surface area contributed by atoms with Gasteiger partial charge in [0.25, 0.3) is 0 Å². The average molecular weight is 802 g/mol. The Bertz CT molecular complexity index is 1670. The van der Waals surface area contributed by atoms with Crippen molar-refractivity contribution in [3.63, 3.8) is 0 Å². The molecule has 1 amide bonds. The molecule has 6 aliphatic rings. The lowest BCUT2D eigenvalue weighted by Gasteiger charge is -2.75. The first kappa shape index (κ1) is 45.0. The van der Waals surface area contributed by atoms with Crippen molar-refractivity contribution in [2.75, 3.05) is 39.8 Å². The third-order valence-corrected chi connectivity index (χ3v) is 18.4. The number of ether oxygens (including phenoxy) is 2. The molecule has 0 spiro atoms. The number of piperazine rings is 1. The van der Waals surface area contributed by atoms with Crippen LogP contribution in [0.1, 0.15) is 146 Å². The van der Waals surface area contributed by atoms with Gasteiger partial charge >= 0.3 is 0 Å². The van der Waals surface area contributed by atoms with Crippen LogP contribution >= 0.6 is 0 Å². The van der Waals surface area contributed by atoms with Gasteiger partial charge in [-0.05, 0) is 135 Å². The van der Waals surface area contributed by atoms with Crippen LogP contribution in [0.15, 0.2) is 60.8 Å². The molecule has 3 N–H and O–H groups in total. The van der Waals surface area contributed by atoms with Crippen LogP contribution in [-0.2, 0) is 14.3 Å². The number of aliphatic hydroxyl groups excluding tert-OH is 1. The number of carbonyl (C=O) groups excluding carboxylic acids is 1. The molecule has 10 atom stereocenters. The van der Waals surface area contributed by atoms with Gasteiger partial charge in [-0.2, -0.15) is 0 Å². The molecule has 5 aliphatic carbocycles. The van der Waals surface area contributed by atoms with Gasteiger partial charge in [0.05, 0.1) is 25.2 Å². The number of fused-ring (bicyclic) bond motifs is 7. The standard InChI is InChI=1S/C51H83N3O4/c1-34(2)29-38(57-14)33-53-25-27-54(28-26-53)43(56)32-50-21-15-39(35(3)4)44(50)51(52)22-17-41-47(11)19-18-42(58-37(6)31-45(7,8)30-36(5)55)46(9,10)40(47)16-20-48(41,12)49(51,13)23-24-50/h29,39-42,44,55H,1,3,5-6,15-28,30-33,52H2,2,4,7-14H3/b38-29-/t39-,40-,41+,42-,44-,47-,48+,49-,50+,51?/m0/s1. The smallest absolute Gasteiger partial charge is 0.223 e. The van der Waals surface area contributed by atoms with Crippen LogP contribution in [0.3, 0.4) is 0 Å². The summed E-state index contributed by atoms with van der Waals surface area (Å²) in [5.41, 5.74) is 10.1. The Kier molecular flexibility index (Phi) is 12.2. The van der Waals surface area contributed by atoms with E-state index in [0.29, 0.717) is 42.9 Å². The third kappa shape index (κ3) is 7.57. The minimum atomic E-state index is -0.356. The zero-order chi connectivity index (χ0) is 42.9. The molecule has 6 fully saturated rings. The number of allylic oxidation sites excluding steroid dienone is 5. The van der Waals surface area contributed by atoms with Crippen molar-refractivity contribution in [3.8, 4) is 0 Å². The number of methoxy groups -OCH3 is 1. The molecule has 0 aromatic rings. The first-order valence-electron chi connectivity index (χ1n) is 22.9. The summed E-state index contributed by atoms with van der Waals surface area (Å²) in [5.74, 6) is 4.03. The SMILES string of the molecule is C=C(C)/C=C(/CN1CCN(C(=O)C[C@]23CC[C@@H](C(=C)C)[C@@H]2C2(N)CC[C@@H]4[C@@]5(C)CC[C@H](OC(=C)CC(C)(C)CC(=C)O)C(C)(C)[C@@H]5CC[C@@]4(C)[C@]2(C)CC3)CC1)OC. The van der Waals surface area contributed by atoms with Crippen LogP contribution in [0, 0.1) is 56.2 Å². The number of aliphatic hydroxyl groups is 1. The predicted octanol–water partition coefficient (Wildman–Crippen LogP) is 11.1. The lowest BCUT2D eigenvalue weighted by molar-refractivity contribution is -0.255. The molecule has 58 heavy (non-hydrogen) atoms. The van der Waals surface area contributed by atoms with Gasteiger partial charge < -0.3 is 25.2 Å². The average Bonchev–Trinajstić information content (AvgIpc) is 3.50. The molecule has 0 aromatic heterocycles. The topological polar surface area (TPSA) is 88.3 Å². The molecule has 326 valence electrons. The zero-order valence-electron chi connectivity index (χ0n) is 38.7. The minimum absolute atomic E-state index is 0.00237. The molecule has 6 rings (SSSR count). The highest BCUT2D eigenvalue weighted by atomic mass is 16.5. The second-order valence-electron chi connectivity index (χ2n) is 22.9. The number of amides is 1. The summed E-state index contributed by atoms with van der Waals surface area (Å²) in [7, 11) is 1.73. The van der Waals surface area contributed by atoms with E-state index in [1.807, 2.05) is 13.0 Å². The van der Waals surface area contributed by atoms with E-state index in [1.54, 1.807) is 7.11 Å². The predicted molar refractivity (Wildman–Crippen MR) is 239 cm³/mol. The number of nitrogens with zero attached hydrogens (tertiary/aromatic N) is 2. The van der Waals surface area contributed by atoms with Gasteiger partial charge in [0.2, 0.25) is 5.91 Å². The number of rotatable bonds is 13. The highest BCUT2D eigenvalue weighted by Gasteiger charge is 2.75. The fourth-order valence-electron chi connectivity index (χ4n) is 15.6. The van der Waals surface area contributed by atoms with Crippen molar-refractivity contribution < 1.29 is 19.4 Å². The maximum atomic E-state index is 14.5. The maximum Gasteiger partial charge on any atom is 0.223 e. The third-order valence-electron chi connectivity index (χ3n) is 18.4. The van der Waals surface area contributed by atoms with Gasteiger partial charge in [0, 0.05) is 56.4 Å². The Morgan fingerprint density at radius 1 is 0.862 bits per heavy atom. The zero-order valence-corrected chi connectivity index (χ0v) is 38.7. The first-order valence-corrected chi connectivity index (χ1v) is 22.9. The highest BCUT2D eigenvalue weighted by molar-refractivity contribution is 5.77. The Labute approximate surface area is 354 Å². The molecule has 0 aromatic carbocycles. The van der Waals surface area contributed by atoms with E-state index >= 15 is 0 Å². The van der Waals surface area contributed by atoms with E-state index in [4.69, 9.17) is 15.2 Å². The minimum Gasteiger partial charge on any atom is -0.513 e. The second-order valence-corrected chi connectivity index (χ2v) is 22.9. The lowest BCUT2D eigenvalue weighted by atomic mass is 9.30. The van der Waals surface area contributed by atoms with Gasteiger partial charge in [0.1, 0.15) is 11.9 Å². The molecule has 5 saturated carbocycles. The first-order chi connectivity index (χ1) is 26.9. The Morgan fingerprint density at radius 3 is 2.12 bits per heavy atom. The van der Waals surface area contributed by atoms with Gasteiger partial charge in [-0.3, -0.25) is 9.69 Å². The fraction of sp³-hybridized carbons (Fsp3) is 0.784. The molecule has 0 bridgehead atoms. The van der Waals surface area contributed by atoms with Crippen LogP contribution in [0.25, 0.3) is 0 Å². The summed E-state index contributed by atoms with van der Waals surface area (Å²) in [4.78, 5) is 19.0. The summed E-state index contributed by atoms with van der Waals surface area (Å²) in [5, 5.41) is 9.92. The summed E-state index contributed by atoms with van der Waals surface area (Å²) in [6, 6.07) is 0. The number of hydrogen-bond acceptors (Lipinski definition) is 6. The van der Waals surface area contributed by atoms with Crippen LogP contribution in [0.5, 0.6) is 0 Å². The lowest BCUT2D eigenvalue weighted by Crippen LogP contribution is -2.76. The quantitative estimate of drug-likeness (QED) is 0.110. The summed E-state index contributed by atoms with van der Waals surface area (Å²) in [6.07, 6.45) is 15.1. The van der Waals surface area contributed by atoms with Crippen LogP contribution in [0.4, 0.5) is 0 Å². The number of hydrogen-bond donors (Lipinski definition) is 2. The Hall–Kier alpha value is -2.51. The van der Waals surface area contributed by atoms with E-state index in [0.717, 1.165) is 101 Å². The van der Waals surface area contributed by atoms with Gasteiger partial charge in [-0.1, -0.05) is 85.9 Å². The number of nitrogens with two attached hydrogens (primary N) is 1. The molecular formula is C51H83N3O4. The summed E-state index contributed by atoms with van der Waals surface area (Å²) >= 11 is 0. The van der Waals surface area contributed by atoms with Crippen LogP contribution in [0.2, 0.25) is 0 Å². The van der Waals surface area contributed by atoms with Crippen molar-refractivity contribution in [2.45, 2.75) is 157 Å². The van der Waals surface area contributed by atoms with Gasteiger partial charge in [-0.25, -0.2) is 0 Å². The second kappa shape index (κ2) is 15.8. The summed E-state index contributed by atoms with van der Waals surface area (Å²) < 4.78 is 12.5. The summed E-state index contributed by atoms with van der Waals surface area (Å²) in [6.45, 7) is 42.1. The fourth-order valence-corrected chi connectivity index (χ4v) is 15.6. The normalized spacial score (nSPS) is 40.0.